The summed E-state index contributed by atoms with van der Waals surface area (Å²) < 4.78 is 0. The van der Waals surface area contributed by atoms with Crippen LogP contribution in [0.5, 0.6) is 0 Å². The molecule has 0 spiro atoms. The number of nitrogen functional groups attached to an aromatic ring is 1. The minimum atomic E-state index is -0.0993. The summed E-state index contributed by atoms with van der Waals surface area (Å²) in [6, 6.07) is 17.9. The van der Waals surface area contributed by atoms with E-state index in [-0.39, 0.29) is 12.3 Å². The molecule has 0 bridgehead atoms. The van der Waals surface area contributed by atoms with Crippen molar-refractivity contribution >= 4 is 28.1 Å². The van der Waals surface area contributed by atoms with E-state index in [2.05, 4.69) is 22.4 Å². The molecule has 1 amide bonds. The van der Waals surface area contributed by atoms with Crippen LogP contribution in [0.25, 0.3) is 11.1 Å². The number of nitrogens with two attached hydrogens (primary N) is 1. The molecule has 0 aliphatic rings. The molecule has 0 saturated heterocycles. The van der Waals surface area contributed by atoms with E-state index >= 15 is 0 Å². The fourth-order valence-electron chi connectivity index (χ4n) is 2.15. The monoisotopic (exact) mass is 309 g/mol. The molecule has 0 unspecified atom stereocenters. The molecule has 110 valence electrons. The molecule has 2 aromatic carbocycles. The number of carbonyl (C=O) groups excluding carboxylic acids is 1. The molecule has 3 aromatic rings. The van der Waals surface area contributed by atoms with Gasteiger partial charge in [-0.3, -0.25) is 4.79 Å². The van der Waals surface area contributed by atoms with E-state index in [4.69, 9.17) is 5.73 Å². The normalized spacial score (nSPS) is 10.4. The van der Waals surface area contributed by atoms with Gasteiger partial charge < -0.3 is 11.1 Å². The topological polar surface area (TPSA) is 68.0 Å². The molecule has 22 heavy (non-hydrogen) atoms. The van der Waals surface area contributed by atoms with Gasteiger partial charge in [0, 0.05) is 11.1 Å². The number of hydrogen-bond acceptors (Lipinski definition) is 4. The van der Waals surface area contributed by atoms with E-state index in [9.17, 15) is 4.79 Å². The zero-order valence-electron chi connectivity index (χ0n) is 11.8. The Balaban J connectivity index is 1.65. The summed E-state index contributed by atoms with van der Waals surface area (Å²) in [5.74, 6) is -0.0993. The highest BCUT2D eigenvalue weighted by Gasteiger charge is 2.07. The number of thiazole rings is 1. The van der Waals surface area contributed by atoms with Crippen LogP contribution in [-0.2, 0) is 11.2 Å². The van der Waals surface area contributed by atoms with Gasteiger partial charge in [0.15, 0.2) is 5.13 Å². The first-order valence-electron chi connectivity index (χ1n) is 6.86. The molecule has 3 rings (SSSR count). The van der Waals surface area contributed by atoms with E-state index in [1.54, 1.807) is 5.38 Å². The van der Waals surface area contributed by atoms with Gasteiger partial charge >= 0.3 is 0 Å². The molecular weight excluding hydrogens is 294 g/mol. The van der Waals surface area contributed by atoms with Crippen molar-refractivity contribution in [1.29, 1.82) is 0 Å². The highest BCUT2D eigenvalue weighted by molar-refractivity contribution is 7.13. The average molecular weight is 309 g/mol. The van der Waals surface area contributed by atoms with E-state index in [1.165, 1.54) is 11.3 Å². The van der Waals surface area contributed by atoms with Gasteiger partial charge in [-0.05, 0) is 23.3 Å². The van der Waals surface area contributed by atoms with Crippen molar-refractivity contribution in [2.24, 2.45) is 0 Å². The maximum Gasteiger partial charge on any atom is 0.230 e. The van der Waals surface area contributed by atoms with Crippen LogP contribution in [0.2, 0.25) is 0 Å². The summed E-state index contributed by atoms with van der Waals surface area (Å²) in [6.07, 6.45) is 0.230. The Morgan fingerprint density at radius 1 is 1.05 bits per heavy atom. The zero-order valence-corrected chi connectivity index (χ0v) is 12.6. The summed E-state index contributed by atoms with van der Waals surface area (Å²) in [5.41, 5.74) is 9.29. The summed E-state index contributed by atoms with van der Waals surface area (Å²) in [6.45, 7) is 0. The molecule has 1 heterocycles. The van der Waals surface area contributed by atoms with Crippen molar-refractivity contribution in [3.8, 4) is 11.1 Å². The first kappa shape index (κ1) is 14.3. The second-order valence-corrected chi connectivity index (χ2v) is 5.74. The molecule has 0 radical (unpaired) electrons. The molecule has 0 atom stereocenters. The number of amides is 1. The van der Waals surface area contributed by atoms with Crippen LogP contribution in [0, 0.1) is 0 Å². The first-order valence-corrected chi connectivity index (χ1v) is 7.74. The Bertz CT molecular complexity index is 766. The Hall–Kier alpha value is -2.66. The highest BCUT2D eigenvalue weighted by atomic mass is 32.1. The van der Waals surface area contributed by atoms with Crippen LogP contribution >= 0.6 is 11.3 Å². The summed E-state index contributed by atoms with van der Waals surface area (Å²) >= 11 is 1.34. The number of carbonyl (C=O) groups is 1. The van der Waals surface area contributed by atoms with Crippen molar-refractivity contribution in [2.45, 2.75) is 6.42 Å². The largest absolute Gasteiger partial charge is 0.375 e. The first-order chi connectivity index (χ1) is 10.7. The molecule has 0 aliphatic carbocycles. The number of anilines is 2. The van der Waals surface area contributed by atoms with Gasteiger partial charge in [-0.2, -0.15) is 0 Å². The van der Waals surface area contributed by atoms with Gasteiger partial charge in [-0.25, -0.2) is 4.98 Å². The van der Waals surface area contributed by atoms with E-state index in [0.29, 0.717) is 10.8 Å². The Labute approximate surface area is 132 Å². The zero-order chi connectivity index (χ0) is 15.4. The van der Waals surface area contributed by atoms with E-state index < -0.39 is 0 Å². The lowest BCUT2D eigenvalue weighted by molar-refractivity contribution is -0.115. The molecule has 0 fully saturated rings. The lowest BCUT2D eigenvalue weighted by Gasteiger charge is -2.06. The third-order valence-corrected chi connectivity index (χ3v) is 3.91. The number of aromatic nitrogens is 1. The predicted molar refractivity (Wildman–Crippen MR) is 90.7 cm³/mol. The average Bonchev–Trinajstić information content (AvgIpc) is 2.94. The van der Waals surface area contributed by atoms with Gasteiger partial charge in [0.2, 0.25) is 5.91 Å². The fraction of sp³-hybridized carbons (Fsp3) is 0.0588. The maximum atomic E-state index is 12.0. The van der Waals surface area contributed by atoms with E-state index in [1.807, 2.05) is 42.5 Å². The standard InChI is InChI=1S/C17H15N3OS/c18-17-20-15(11-22-17)10-16(21)19-14-8-6-13(7-9-14)12-4-2-1-3-5-12/h1-9,11H,10H2,(H2,18,20)(H,19,21). The van der Waals surface area contributed by atoms with Gasteiger partial charge in [0.25, 0.3) is 0 Å². The number of rotatable bonds is 4. The number of nitrogens with zero attached hydrogens (tertiary/aromatic N) is 1. The Morgan fingerprint density at radius 3 is 2.36 bits per heavy atom. The third kappa shape index (κ3) is 3.51. The molecular formula is C17H15N3OS. The van der Waals surface area contributed by atoms with Crippen molar-refractivity contribution in [1.82, 2.24) is 4.98 Å². The second-order valence-electron chi connectivity index (χ2n) is 4.85. The SMILES string of the molecule is Nc1nc(CC(=O)Nc2ccc(-c3ccccc3)cc2)cs1. The highest BCUT2D eigenvalue weighted by Crippen LogP contribution is 2.21. The summed E-state index contributed by atoms with van der Waals surface area (Å²) in [4.78, 5) is 16.0. The van der Waals surface area contributed by atoms with Crippen LogP contribution in [0.15, 0.2) is 60.0 Å². The maximum absolute atomic E-state index is 12.0. The number of benzene rings is 2. The third-order valence-electron chi connectivity index (χ3n) is 3.19. The minimum Gasteiger partial charge on any atom is -0.375 e. The van der Waals surface area contributed by atoms with Gasteiger partial charge in [0.1, 0.15) is 0 Å². The molecule has 1 aromatic heterocycles. The second kappa shape index (κ2) is 6.41. The predicted octanol–water partition coefficient (Wildman–Crippen LogP) is 3.57. The lowest BCUT2D eigenvalue weighted by atomic mass is 10.1. The van der Waals surface area contributed by atoms with Crippen LogP contribution in [0.3, 0.4) is 0 Å². The van der Waals surface area contributed by atoms with Gasteiger partial charge in [0.05, 0.1) is 12.1 Å². The van der Waals surface area contributed by atoms with Gasteiger partial charge in [-0.15, -0.1) is 11.3 Å². The fourth-order valence-corrected chi connectivity index (χ4v) is 2.71. The van der Waals surface area contributed by atoms with Crippen LogP contribution < -0.4 is 11.1 Å². The Morgan fingerprint density at radius 2 is 1.73 bits per heavy atom. The quantitative estimate of drug-likeness (QED) is 0.774. The van der Waals surface area contributed by atoms with Crippen molar-refractivity contribution in [2.75, 3.05) is 11.1 Å². The smallest absolute Gasteiger partial charge is 0.230 e. The lowest BCUT2D eigenvalue weighted by Crippen LogP contribution is -2.14. The summed E-state index contributed by atoms with van der Waals surface area (Å²) in [7, 11) is 0. The van der Waals surface area contributed by atoms with Crippen LogP contribution in [0.4, 0.5) is 10.8 Å². The molecule has 3 N–H and O–H groups in total. The van der Waals surface area contributed by atoms with Crippen molar-refractivity contribution in [3.63, 3.8) is 0 Å². The van der Waals surface area contributed by atoms with E-state index in [0.717, 1.165) is 16.8 Å². The molecule has 0 aliphatic heterocycles. The van der Waals surface area contributed by atoms with Crippen molar-refractivity contribution in [3.05, 3.63) is 65.7 Å². The minimum absolute atomic E-state index is 0.0993. The van der Waals surface area contributed by atoms with Crippen molar-refractivity contribution < 1.29 is 4.79 Å². The molecule has 5 heteroatoms. The molecule has 4 nitrogen and oxygen atoms in total. The summed E-state index contributed by atoms with van der Waals surface area (Å²) in [5, 5.41) is 5.14. The van der Waals surface area contributed by atoms with Crippen LogP contribution in [0.1, 0.15) is 5.69 Å². The van der Waals surface area contributed by atoms with Gasteiger partial charge in [-0.1, -0.05) is 42.5 Å². The Kier molecular flexibility index (Phi) is 4.16. The van der Waals surface area contributed by atoms with Crippen LogP contribution in [-0.4, -0.2) is 10.9 Å². The number of hydrogen-bond donors (Lipinski definition) is 2. The molecule has 0 saturated carbocycles. The number of nitrogens with one attached hydrogen (secondary N) is 1.